The van der Waals surface area contributed by atoms with Gasteiger partial charge in [0.2, 0.25) is 0 Å². The van der Waals surface area contributed by atoms with Gasteiger partial charge in [-0.25, -0.2) is 4.79 Å². The molecule has 25 heavy (non-hydrogen) atoms. The van der Waals surface area contributed by atoms with E-state index in [0.29, 0.717) is 34.8 Å². The molecule has 130 valence electrons. The van der Waals surface area contributed by atoms with Crippen molar-refractivity contribution in [3.8, 4) is 17.2 Å². The van der Waals surface area contributed by atoms with Crippen LogP contribution in [0, 0.1) is 0 Å². The van der Waals surface area contributed by atoms with E-state index in [1.807, 2.05) is 6.07 Å². The van der Waals surface area contributed by atoms with Crippen LogP contribution in [0.4, 0.5) is 0 Å². The van der Waals surface area contributed by atoms with E-state index < -0.39 is 5.97 Å². The summed E-state index contributed by atoms with van der Waals surface area (Å²) in [6.07, 6.45) is 3.42. The molecule has 6 heteroatoms. The van der Waals surface area contributed by atoms with Crippen LogP contribution in [0.5, 0.6) is 17.2 Å². The number of benzene rings is 2. The van der Waals surface area contributed by atoms with Gasteiger partial charge >= 0.3 is 5.97 Å². The maximum Gasteiger partial charge on any atom is 0.342 e. The molecule has 6 nitrogen and oxygen atoms in total. The van der Waals surface area contributed by atoms with Crippen LogP contribution in [0.25, 0.3) is 12.2 Å². The minimum absolute atomic E-state index is 0.274. The van der Waals surface area contributed by atoms with E-state index in [2.05, 4.69) is 0 Å². The highest BCUT2D eigenvalue weighted by molar-refractivity contribution is 5.98. The van der Waals surface area contributed by atoms with Crippen molar-refractivity contribution in [2.24, 2.45) is 0 Å². The molecular formula is C19H18O6. The monoisotopic (exact) mass is 342 g/mol. The highest BCUT2D eigenvalue weighted by Gasteiger charge is 2.18. The Morgan fingerprint density at radius 2 is 1.64 bits per heavy atom. The maximum absolute atomic E-state index is 12.1. The van der Waals surface area contributed by atoms with Gasteiger partial charge in [-0.3, -0.25) is 4.79 Å². The largest absolute Gasteiger partial charge is 0.497 e. The van der Waals surface area contributed by atoms with Crippen LogP contribution in [-0.2, 0) is 9.53 Å². The molecule has 0 saturated carbocycles. The summed E-state index contributed by atoms with van der Waals surface area (Å²) in [5.41, 5.74) is 1.49. The molecule has 2 rings (SSSR count). The predicted molar refractivity (Wildman–Crippen MR) is 92.9 cm³/mol. The normalized spacial score (nSPS) is 10.4. The molecule has 0 bridgehead atoms. The van der Waals surface area contributed by atoms with Gasteiger partial charge in [0.15, 0.2) is 0 Å². The van der Waals surface area contributed by atoms with Gasteiger partial charge in [0, 0.05) is 11.6 Å². The molecule has 2 aromatic rings. The molecule has 0 atom stereocenters. The molecule has 0 unspecified atom stereocenters. The first-order valence-electron chi connectivity index (χ1n) is 7.36. The van der Waals surface area contributed by atoms with Gasteiger partial charge in [0.05, 0.1) is 21.3 Å². The van der Waals surface area contributed by atoms with Crippen molar-refractivity contribution in [2.45, 2.75) is 0 Å². The van der Waals surface area contributed by atoms with Gasteiger partial charge in [-0.15, -0.1) is 0 Å². The lowest BCUT2D eigenvalue weighted by Gasteiger charge is -2.12. The fourth-order valence-corrected chi connectivity index (χ4v) is 2.30. The van der Waals surface area contributed by atoms with E-state index in [-0.39, 0.29) is 5.56 Å². The Morgan fingerprint density at radius 3 is 2.28 bits per heavy atom. The molecule has 0 fully saturated rings. The SMILES string of the molecule is COC(=O)c1c(C=Cc2ccccc2OC=O)cc(OC)cc1OC. The summed E-state index contributed by atoms with van der Waals surface area (Å²) in [5.74, 6) is 0.740. The Bertz CT molecular complexity index is 794. The molecule has 2 aromatic carbocycles. The molecule has 0 radical (unpaired) electrons. The molecule has 0 amide bonds. The van der Waals surface area contributed by atoms with E-state index in [0.717, 1.165) is 0 Å². The molecular weight excluding hydrogens is 324 g/mol. The summed E-state index contributed by atoms with van der Waals surface area (Å²) in [5, 5.41) is 0. The summed E-state index contributed by atoms with van der Waals surface area (Å²) < 4.78 is 20.3. The van der Waals surface area contributed by atoms with Crippen molar-refractivity contribution >= 4 is 24.6 Å². The highest BCUT2D eigenvalue weighted by Crippen LogP contribution is 2.31. The van der Waals surface area contributed by atoms with Crippen LogP contribution in [0.2, 0.25) is 0 Å². The maximum atomic E-state index is 12.1. The molecule has 0 saturated heterocycles. The van der Waals surface area contributed by atoms with Crippen LogP contribution in [0.1, 0.15) is 21.5 Å². The zero-order chi connectivity index (χ0) is 18.2. The van der Waals surface area contributed by atoms with Crippen LogP contribution >= 0.6 is 0 Å². The van der Waals surface area contributed by atoms with E-state index in [9.17, 15) is 9.59 Å². The molecule has 0 heterocycles. The van der Waals surface area contributed by atoms with Crippen LogP contribution in [0.3, 0.4) is 0 Å². The van der Waals surface area contributed by atoms with E-state index in [4.69, 9.17) is 18.9 Å². The third-order valence-electron chi connectivity index (χ3n) is 3.49. The summed E-state index contributed by atoms with van der Waals surface area (Å²) >= 11 is 0. The Hall–Kier alpha value is -3.28. The van der Waals surface area contributed by atoms with Gasteiger partial charge in [-0.1, -0.05) is 30.4 Å². The number of carbonyl (C=O) groups is 2. The van der Waals surface area contributed by atoms with Crippen LogP contribution < -0.4 is 14.2 Å². The number of ether oxygens (including phenoxy) is 4. The second kappa shape index (κ2) is 8.54. The summed E-state index contributed by atoms with van der Waals surface area (Å²) in [4.78, 5) is 22.8. The van der Waals surface area contributed by atoms with Crippen molar-refractivity contribution in [3.63, 3.8) is 0 Å². The lowest BCUT2D eigenvalue weighted by molar-refractivity contribution is -0.120. The first-order valence-corrected chi connectivity index (χ1v) is 7.36. The van der Waals surface area contributed by atoms with Crippen molar-refractivity contribution in [2.75, 3.05) is 21.3 Å². The first kappa shape index (κ1) is 18.1. The topological polar surface area (TPSA) is 71.1 Å². The zero-order valence-electron chi connectivity index (χ0n) is 14.1. The fourth-order valence-electron chi connectivity index (χ4n) is 2.30. The molecule has 0 aliphatic rings. The van der Waals surface area contributed by atoms with Gasteiger partial charge in [-0.05, 0) is 17.7 Å². The second-order valence-corrected chi connectivity index (χ2v) is 4.87. The van der Waals surface area contributed by atoms with Gasteiger partial charge in [0.1, 0.15) is 22.8 Å². The van der Waals surface area contributed by atoms with E-state index in [1.165, 1.54) is 21.3 Å². The Balaban J connectivity index is 2.54. The van der Waals surface area contributed by atoms with Crippen molar-refractivity contribution in [1.29, 1.82) is 0 Å². The lowest BCUT2D eigenvalue weighted by atomic mass is 10.0. The minimum atomic E-state index is -0.531. The molecule has 0 aromatic heterocycles. The van der Waals surface area contributed by atoms with Gasteiger partial charge in [-0.2, -0.15) is 0 Å². The Kier molecular flexibility index (Phi) is 6.17. The fraction of sp³-hybridized carbons (Fsp3) is 0.158. The van der Waals surface area contributed by atoms with Crippen molar-refractivity contribution < 1.29 is 28.5 Å². The predicted octanol–water partition coefficient (Wildman–Crippen LogP) is 3.20. The highest BCUT2D eigenvalue weighted by atomic mass is 16.5. The minimum Gasteiger partial charge on any atom is -0.497 e. The zero-order valence-corrected chi connectivity index (χ0v) is 14.1. The average molecular weight is 342 g/mol. The van der Waals surface area contributed by atoms with Gasteiger partial charge < -0.3 is 18.9 Å². The summed E-state index contributed by atoms with van der Waals surface area (Å²) in [6.45, 7) is 0.362. The smallest absolute Gasteiger partial charge is 0.342 e. The Morgan fingerprint density at radius 1 is 0.920 bits per heavy atom. The van der Waals surface area contributed by atoms with Crippen molar-refractivity contribution in [3.05, 3.63) is 53.1 Å². The number of carbonyl (C=O) groups excluding carboxylic acids is 2. The lowest BCUT2D eigenvalue weighted by Crippen LogP contribution is -2.07. The molecule has 0 spiro atoms. The molecule has 0 aliphatic heterocycles. The number of hydrogen-bond donors (Lipinski definition) is 0. The third-order valence-corrected chi connectivity index (χ3v) is 3.49. The first-order chi connectivity index (χ1) is 12.1. The summed E-state index contributed by atoms with van der Waals surface area (Å²) in [7, 11) is 4.28. The molecule has 0 N–H and O–H groups in total. The number of esters is 1. The second-order valence-electron chi connectivity index (χ2n) is 4.87. The standard InChI is InChI=1S/C19H18O6/c1-22-15-10-14(18(19(21)24-3)17(11-15)23-2)9-8-13-6-4-5-7-16(13)25-12-20/h4-12H,1-3H3. The third kappa shape index (κ3) is 4.17. The summed E-state index contributed by atoms with van der Waals surface area (Å²) in [6, 6.07) is 10.3. The number of para-hydroxylation sites is 1. The molecule has 0 aliphatic carbocycles. The van der Waals surface area contributed by atoms with Crippen LogP contribution in [-0.4, -0.2) is 33.8 Å². The Labute approximate surface area is 145 Å². The number of rotatable bonds is 7. The van der Waals surface area contributed by atoms with Crippen LogP contribution in [0.15, 0.2) is 36.4 Å². The quantitative estimate of drug-likeness (QED) is 0.437. The van der Waals surface area contributed by atoms with Crippen molar-refractivity contribution in [1.82, 2.24) is 0 Å². The number of methoxy groups -OCH3 is 3. The van der Waals surface area contributed by atoms with Gasteiger partial charge in [0.25, 0.3) is 6.47 Å². The van der Waals surface area contributed by atoms with E-state index in [1.54, 1.807) is 42.5 Å². The average Bonchev–Trinajstić information content (AvgIpc) is 2.66. The number of hydrogen-bond acceptors (Lipinski definition) is 6. The van der Waals surface area contributed by atoms with E-state index >= 15 is 0 Å².